The van der Waals surface area contributed by atoms with Crippen LogP contribution in [0.15, 0.2) is 11.6 Å². The first-order chi connectivity index (χ1) is 5.60. The Balaban J connectivity index is 2.14. The van der Waals surface area contributed by atoms with Crippen molar-refractivity contribution in [2.45, 2.75) is 31.2 Å². The van der Waals surface area contributed by atoms with Crippen LogP contribution in [0.3, 0.4) is 0 Å². The van der Waals surface area contributed by atoms with E-state index in [0.29, 0.717) is 6.61 Å². The second kappa shape index (κ2) is 1.52. The minimum atomic E-state index is -0.601. The summed E-state index contributed by atoms with van der Waals surface area (Å²) in [5, 5.41) is 0. The van der Waals surface area contributed by atoms with E-state index in [1.54, 1.807) is 0 Å². The SMILES string of the molecule is CC1=C[C@@H]2O[C@]2(C)[C@@]2(CO2)C1=O. The van der Waals surface area contributed by atoms with Gasteiger partial charge in [0.1, 0.15) is 11.7 Å². The Morgan fingerprint density at radius 3 is 2.92 bits per heavy atom. The summed E-state index contributed by atoms with van der Waals surface area (Å²) in [4.78, 5) is 11.7. The van der Waals surface area contributed by atoms with Crippen LogP contribution in [0.4, 0.5) is 0 Å². The molecule has 3 rings (SSSR count). The van der Waals surface area contributed by atoms with Crippen LogP contribution >= 0.6 is 0 Å². The summed E-state index contributed by atoms with van der Waals surface area (Å²) in [5.41, 5.74) is -0.160. The normalized spacial score (nSPS) is 55.0. The molecule has 0 radical (unpaired) electrons. The highest BCUT2D eigenvalue weighted by Crippen LogP contribution is 2.58. The van der Waals surface area contributed by atoms with Crippen LogP contribution in [-0.4, -0.2) is 29.7 Å². The van der Waals surface area contributed by atoms with Crippen LogP contribution in [0.5, 0.6) is 0 Å². The monoisotopic (exact) mass is 166 g/mol. The molecular formula is C9H10O3. The highest BCUT2D eigenvalue weighted by molar-refractivity contribution is 6.06. The Bertz CT molecular complexity index is 314. The molecule has 2 heterocycles. The van der Waals surface area contributed by atoms with Gasteiger partial charge in [-0.1, -0.05) is 0 Å². The molecule has 0 saturated carbocycles. The maximum atomic E-state index is 11.7. The fourth-order valence-electron chi connectivity index (χ4n) is 2.08. The van der Waals surface area contributed by atoms with Gasteiger partial charge in [0.15, 0.2) is 11.4 Å². The van der Waals surface area contributed by atoms with Gasteiger partial charge in [-0.25, -0.2) is 0 Å². The maximum Gasteiger partial charge on any atom is 0.195 e. The largest absolute Gasteiger partial charge is 0.358 e. The molecule has 0 aromatic carbocycles. The average Bonchev–Trinajstić information content (AvgIpc) is 2.85. The highest BCUT2D eigenvalue weighted by atomic mass is 16.7. The van der Waals surface area contributed by atoms with Crippen LogP contribution in [-0.2, 0) is 14.3 Å². The summed E-state index contributed by atoms with van der Waals surface area (Å²) in [6.45, 7) is 4.31. The molecule has 3 aliphatic rings. The Labute approximate surface area is 70.3 Å². The number of hydrogen-bond acceptors (Lipinski definition) is 3. The molecule has 1 spiro atoms. The molecule has 3 heteroatoms. The molecule has 0 aromatic heterocycles. The first-order valence-corrected chi connectivity index (χ1v) is 4.15. The average molecular weight is 166 g/mol. The molecular weight excluding hydrogens is 156 g/mol. The first kappa shape index (κ1) is 6.80. The molecule has 2 aliphatic heterocycles. The van der Waals surface area contributed by atoms with Crippen molar-refractivity contribution >= 4 is 5.78 Å². The molecule has 0 aromatic rings. The van der Waals surface area contributed by atoms with E-state index in [-0.39, 0.29) is 17.5 Å². The van der Waals surface area contributed by atoms with Crippen molar-refractivity contribution in [1.29, 1.82) is 0 Å². The van der Waals surface area contributed by atoms with Crippen molar-refractivity contribution in [2.24, 2.45) is 0 Å². The van der Waals surface area contributed by atoms with Crippen molar-refractivity contribution in [2.75, 3.05) is 6.61 Å². The number of carbonyl (C=O) groups excluding carboxylic acids is 1. The number of fused-ring (bicyclic) bond motifs is 2. The van der Waals surface area contributed by atoms with Gasteiger partial charge in [-0.15, -0.1) is 0 Å². The van der Waals surface area contributed by atoms with Crippen molar-refractivity contribution in [3.63, 3.8) is 0 Å². The molecule has 0 N–H and O–H groups in total. The standard InChI is InChI=1S/C9H10O3/c1-5-3-6-8(2,12-6)9(4-11-9)7(5)10/h3,6H,4H2,1-2H3/t6-,8-,9+/m0/s1. The highest BCUT2D eigenvalue weighted by Gasteiger charge is 2.77. The van der Waals surface area contributed by atoms with Crippen molar-refractivity contribution in [3.8, 4) is 0 Å². The molecule has 0 amide bonds. The fraction of sp³-hybridized carbons (Fsp3) is 0.667. The molecule has 0 bridgehead atoms. The first-order valence-electron chi connectivity index (χ1n) is 4.15. The predicted molar refractivity (Wildman–Crippen MR) is 40.7 cm³/mol. The smallest absolute Gasteiger partial charge is 0.195 e. The summed E-state index contributed by atoms with van der Waals surface area (Å²) in [7, 11) is 0. The number of epoxide rings is 2. The zero-order valence-corrected chi connectivity index (χ0v) is 7.09. The lowest BCUT2D eigenvalue weighted by molar-refractivity contribution is -0.122. The lowest BCUT2D eigenvalue weighted by Gasteiger charge is -2.18. The van der Waals surface area contributed by atoms with E-state index in [0.717, 1.165) is 5.57 Å². The summed E-state index contributed by atoms with van der Waals surface area (Å²) in [5.74, 6) is 0.110. The molecule has 2 saturated heterocycles. The van der Waals surface area contributed by atoms with Gasteiger partial charge in [0.25, 0.3) is 0 Å². The van der Waals surface area contributed by atoms with Crippen molar-refractivity contribution < 1.29 is 14.3 Å². The number of Topliss-reactive ketones (excluding diaryl/α,β-unsaturated/α-hetero) is 1. The summed E-state index contributed by atoms with van der Waals surface area (Å²) in [6.07, 6.45) is 2.01. The van der Waals surface area contributed by atoms with E-state index >= 15 is 0 Å². The van der Waals surface area contributed by atoms with Crippen molar-refractivity contribution in [1.82, 2.24) is 0 Å². The van der Waals surface area contributed by atoms with Gasteiger partial charge >= 0.3 is 0 Å². The van der Waals surface area contributed by atoms with E-state index in [1.165, 1.54) is 0 Å². The Hall–Kier alpha value is -0.670. The van der Waals surface area contributed by atoms with Crippen LogP contribution < -0.4 is 0 Å². The Kier molecular flexibility index (Phi) is 0.861. The molecule has 12 heavy (non-hydrogen) atoms. The van der Waals surface area contributed by atoms with E-state index < -0.39 is 5.60 Å². The van der Waals surface area contributed by atoms with E-state index in [4.69, 9.17) is 9.47 Å². The zero-order valence-electron chi connectivity index (χ0n) is 7.09. The van der Waals surface area contributed by atoms with Crippen LogP contribution in [0.1, 0.15) is 13.8 Å². The number of rotatable bonds is 0. The number of hydrogen-bond donors (Lipinski definition) is 0. The summed E-state index contributed by atoms with van der Waals surface area (Å²) < 4.78 is 10.7. The molecule has 64 valence electrons. The zero-order chi connectivity index (χ0) is 8.56. The van der Waals surface area contributed by atoms with Gasteiger partial charge in [0.2, 0.25) is 0 Å². The molecule has 1 aliphatic carbocycles. The van der Waals surface area contributed by atoms with Crippen LogP contribution in [0, 0.1) is 0 Å². The van der Waals surface area contributed by atoms with Crippen LogP contribution in [0.2, 0.25) is 0 Å². The number of ketones is 1. The number of ether oxygens (including phenoxy) is 2. The van der Waals surface area contributed by atoms with Crippen LogP contribution in [0.25, 0.3) is 0 Å². The number of carbonyl (C=O) groups is 1. The second-order valence-corrected chi connectivity index (χ2v) is 3.94. The van der Waals surface area contributed by atoms with Gasteiger partial charge in [-0.05, 0) is 25.5 Å². The maximum absolute atomic E-state index is 11.7. The lowest BCUT2D eigenvalue weighted by Crippen LogP contribution is -2.43. The molecule has 3 atom stereocenters. The van der Waals surface area contributed by atoms with E-state index in [2.05, 4.69) is 0 Å². The van der Waals surface area contributed by atoms with Gasteiger partial charge in [-0.2, -0.15) is 0 Å². The lowest BCUT2D eigenvalue weighted by atomic mass is 9.80. The fourth-order valence-corrected chi connectivity index (χ4v) is 2.08. The third-order valence-corrected chi connectivity index (χ3v) is 3.22. The van der Waals surface area contributed by atoms with Gasteiger partial charge < -0.3 is 9.47 Å². The van der Waals surface area contributed by atoms with Crippen molar-refractivity contribution in [3.05, 3.63) is 11.6 Å². The summed E-state index contributed by atoms with van der Waals surface area (Å²) in [6, 6.07) is 0. The third-order valence-electron chi connectivity index (χ3n) is 3.22. The Morgan fingerprint density at radius 1 is 1.67 bits per heavy atom. The quantitative estimate of drug-likeness (QED) is 0.490. The van der Waals surface area contributed by atoms with E-state index in [1.807, 2.05) is 19.9 Å². The predicted octanol–water partition coefficient (Wildman–Crippen LogP) is 0.442. The van der Waals surface area contributed by atoms with Gasteiger partial charge in [0.05, 0.1) is 6.61 Å². The minimum Gasteiger partial charge on any atom is -0.358 e. The minimum absolute atomic E-state index is 0.109. The molecule has 0 unspecified atom stereocenters. The topological polar surface area (TPSA) is 42.1 Å². The summed E-state index contributed by atoms with van der Waals surface area (Å²) >= 11 is 0. The molecule has 3 nitrogen and oxygen atoms in total. The van der Waals surface area contributed by atoms with Gasteiger partial charge in [0, 0.05) is 0 Å². The third kappa shape index (κ3) is 0.491. The second-order valence-electron chi connectivity index (χ2n) is 3.94. The van der Waals surface area contributed by atoms with E-state index in [9.17, 15) is 4.79 Å². The Morgan fingerprint density at radius 2 is 2.33 bits per heavy atom. The van der Waals surface area contributed by atoms with Gasteiger partial charge in [-0.3, -0.25) is 4.79 Å². The molecule has 2 fully saturated rings.